The first-order chi connectivity index (χ1) is 9.45. The highest BCUT2D eigenvalue weighted by Crippen LogP contribution is 2.32. The summed E-state index contributed by atoms with van der Waals surface area (Å²) in [5, 5.41) is 4.07. The Morgan fingerprint density at radius 3 is 2.95 bits per heavy atom. The van der Waals surface area contributed by atoms with Gasteiger partial charge in [-0.3, -0.25) is 4.90 Å². The van der Waals surface area contributed by atoms with Gasteiger partial charge < -0.3 is 15.0 Å². The topological polar surface area (TPSA) is 77.4 Å². The average Bonchev–Trinajstić information content (AvgIpc) is 3.04. The molecule has 0 spiro atoms. The van der Waals surface area contributed by atoms with Crippen LogP contribution in [0.25, 0.3) is 0 Å². The van der Waals surface area contributed by atoms with E-state index < -0.39 is 0 Å². The molecule has 6 nitrogen and oxygen atoms in total. The average molecular weight is 280 g/mol. The molecule has 1 aromatic heterocycles. The molecule has 0 amide bonds. The first-order valence-corrected chi connectivity index (χ1v) is 7.40. The van der Waals surface area contributed by atoms with Crippen molar-refractivity contribution in [3.05, 3.63) is 11.7 Å². The van der Waals surface area contributed by atoms with E-state index in [1.807, 2.05) is 0 Å². The zero-order chi connectivity index (χ0) is 14.3. The zero-order valence-electron chi connectivity index (χ0n) is 12.5. The Hall–Kier alpha value is -0.980. The number of ether oxygens (including phenoxy) is 1. The molecule has 0 saturated carbocycles. The van der Waals surface area contributed by atoms with Crippen LogP contribution < -0.4 is 5.73 Å². The lowest BCUT2D eigenvalue weighted by atomic mass is 9.87. The van der Waals surface area contributed by atoms with Crippen LogP contribution in [0.3, 0.4) is 0 Å². The van der Waals surface area contributed by atoms with Gasteiger partial charge in [0.15, 0.2) is 0 Å². The van der Waals surface area contributed by atoms with E-state index in [1.165, 1.54) is 12.8 Å². The zero-order valence-corrected chi connectivity index (χ0v) is 12.5. The summed E-state index contributed by atoms with van der Waals surface area (Å²) in [6, 6.07) is 0.321. The quantitative estimate of drug-likeness (QED) is 0.887. The van der Waals surface area contributed by atoms with Gasteiger partial charge in [0, 0.05) is 12.6 Å². The van der Waals surface area contributed by atoms with E-state index in [4.69, 9.17) is 15.0 Å². The predicted octanol–water partition coefficient (Wildman–Crippen LogP) is 1.65. The maximum Gasteiger partial charge on any atom is 0.244 e. The molecule has 2 saturated heterocycles. The third kappa shape index (κ3) is 2.60. The summed E-state index contributed by atoms with van der Waals surface area (Å²) >= 11 is 0. The van der Waals surface area contributed by atoms with Gasteiger partial charge in [0.1, 0.15) is 6.10 Å². The van der Waals surface area contributed by atoms with E-state index >= 15 is 0 Å². The Morgan fingerprint density at radius 2 is 2.20 bits per heavy atom. The molecule has 0 aliphatic carbocycles. The Kier molecular flexibility index (Phi) is 3.56. The molecule has 1 aromatic rings. The highest BCUT2D eigenvalue weighted by Gasteiger charge is 2.36. The van der Waals surface area contributed by atoms with Crippen molar-refractivity contribution in [3.63, 3.8) is 0 Å². The van der Waals surface area contributed by atoms with Crippen LogP contribution in [0.15, 0.2) is 4.52 Å². The minimum Gasteiger partial charge on any atom is -0.367 e. The molecule has 2 aliphatic heterocycles. The summed E-state index contributed by atoms with van der Waals surface area (Å²) in [4.78, 5) is 6.93. The van der Waals surface area contributed by atoms with Gasteiger partial charge in [0.2, 0.25) is 11.7 Å². The number of hydrogen-bond acceptors (Lipinski definition) is 6. The van der Waals surface area contributed by atoms with E-state index in [-0.39, 0.29) is 17.6 Å². The van der Waals surface area contributed by atoms with Gasteiger partial charge in [-0.25, -0.2) is 0 Å². The van der Waals surface area contributed by atoms with Crippen LogP contribution in [0.1, 0.15) is 57.5 Å². The van der Waals surface area contributed by atoms with E-state index in [0.717, 1.165) is 19.7 Å². The Morgan fingerprint density at radius 1 is 1.40 bits per heavy atom. The molecule has 2 fully saturated rings. The molecular formula is C14H24N4O2. The largest absolute Gasteiger partial charge is 0.367 e. The molecular weight excluding hydrogens is 256 g/mol. The highest BCUT2D eigenvalue weighted by atomic mass is 16.5. The molecule has 2 unspecified atom stereocenters. The fourth-order valence-electron chi connectivity index (χ4n) is 2.85. The van der Waals surface area contributed by atoms with Crippen molar-refractivity contribution in [1.29, 1.82) is 0 Å². The first kappa shape index (κ1) is 14.0. The lowest BCUT2D eigenvalue weighted by Crippen LogP contribution is -2.42. The van der Waals surface area contributed by atoms with Crippen LogP contribution >= 0.6 is 0 Å². The number of rotatable bonds is 2. The fourth-order valence-corrected chi connectivity index (χ4v) is 2.85. The van der Waals surface area contributed by atoms with Crippen LogP contribution in [-0.4, -0.2) is 40.8 Å². The molecule has 20 heavy (non-hydrogen) atoms. The number of aromatic nitrogens is 2. The van der Waals surface area contributed by atoms with Gasteiger partial charge in [-0.1, -0.05) is 25.9 Å². The summed E-state index contributed by atoms with van der Waals surface area (Å²) in [5.41, 5.74) is 6.05. The number of hydrogen-bond donors (Lipinski definition) is 1. The smallest absolute Gasteiger partial charge is 0.244 e. The lowest BCUT2D eigenvalue weighted by molar-refractivity contribution is -0.0548. The molecule has 3 heterocycles. The number of fused-ring (bicyclic) bond motifs is 1. The maximum atomic E-state index is 6.15. The van der Waals surface area contributed by atoms with Crippen molar-refractivity contribution in [1.82, 2.24) is 15.0 Å². The van der Waals surface area contributed by atoms with Crippen molar-refractivity contribution in [3.8, 4) is 0 Å². The van der Waals surface area contributed by atoms with Crippen molar-refractivity contribution < 1.29 is 9.26 Å². The standard InChI is InChI=1S/C14H24N4O2/c1-14(2,3)11(15)13-16-12(17-20-13)10-7-18-6-4-5-9(18)8-19-10/h9-11H,4-8,15H2,1-3H3/t9?,10?,11-/m0/s1. The van der Waals surface area contributed by atoms with E-state index in [2.05, 4.69) is 35.8 Å². The summed E-state index contributed by atoms with van der Waals surface area (Å²) < 4.78 is 11.2. The molecule has 6 heteroatoms. The monoisotopic (exact) mass is 280 g/mol. The van der Waals surface area contributed by atoms with Gasteiger partial charge in [-0.15, -0.1) is 0 Å². The number of nitrogens with two attached hydrogens (primary N) is 1. The third-order valence-corrected chi connectivity index (χ3v) is 4.33. The van der Waals surface area contributed by atoms with E-state index in [9.17, 15) is 0 Å². The Bertz CT molecular complexity index is 468. The van der Waals surface area contributed by atoms with Crippen LogP contribution in [-0.2, 0) is 4.74 Å². The third-order valence-electron chi connectivity index (χ3n) is 4.33. The molecule has 0 radical (unpaired) electrons. The van der Waals surface area contributed by atoms with Gasteiger partial charge in [-0.05, 0) is 24.8 Å². The van der Waals surface area contributed by atoms with Crippen molar-refractivity contribution in [2.24, 2.45) is 11.1 Å². The number of nitrogens with zero attached hydrogens (tertiary/aromatic N) is 3. The summed E-state index contributed by atoms with van der Waals surface area (Å²) in [6.45, 7) is 8.96. The lowest BCUT2D eigenvalue weighted by Gasteiger charge is -2.33. The summed E-state index contributed by atoms with van der Waals surface area (Å²) in [5.74, 6) is 1.13. The Labute approximate surface area is 119 Å². The SMILES string of the molecule is CC(C)(C)[C@@H](N)c1nc(C2CN3CCCC3CO2)no1. The fraction of sp³-hybridized carbons (Fsp3) is 0.857. The van der Waals surface area contributed by atoms with Crippen molar-refractivity contribution >= 4 is 0 Å². The van der Waals surface area contributed by atoms with Crippen LogP contribution in [0, 0.1) is 5.41 Å². The second-order valence-corrected chi connectivity index (χ2v) is 6.95. The molecule has 0 bridgehead atoms. The van der Waals surface area contributed by atoms with E-state index in [0.29, 0.717) is 17.8 Å². The molecule has 3 atom stereocenters. The molecule has 2 aliphatic rings. The van der Waals surface area contributed by atoms with Crippen LogP contribution in [0.5, 0.6) is 0 Å². The van der Waals surface area contributed by atoms with Crippen LogP contribution in [0.2, 0.25) is 0 Å². The molecule has 2 N–H and O–H groups in total. The van der Waals surface area contributed by atoms with Gasteiger partial charge in [0.25, 0.3) is 0 Å². The minimum atomic E-state index is -0.258. The predicted molar refractivity (Wildman–Crippen MR) is 74.0 cm³/mol. The summed E-state index contributed by atoms with van der Waals surface area (Å²) in [7, 11) is 0. The first-order valence-electron chi connectivity index (χ1n) is 7.40. The molecule has 3 rings (SSSR count). The Balaban J connectivity index is 1.71. The molecule has 112 valence electrons. The minimum absolute atomic E-state index is 0.0889. The highest BCUT2D eigenvalue weighted by molar-refractivity contribution is 5.01. The normalized spacial score (nSPS) is 29.4. The van der Waals surface area contributed by atoms with Gasteiger partial charge in [0.05, 0.1) is 12.6 Å². The summed E-state index contributed by atoms with van der Waals surface area (Å²) in [6.07, 6.45) is 2.40. The van der Waals surface area contributed by atoms with E-state index in [1.54, 1.807) is 0 Å². The van der Waals surface area contributed by atoms with Crippen molar-refractivity contribution in [2.45, 2.75) is 51.8 Å². The molecule has 0 aromatic carbocycles. The van der Waals surface area contributed by atoms with Gasteiger partial charge >= 0.3 is 0 Å². The number of morpholine rings is 1. The van der Waals surface area contributed by atoms with Gasteiger partial charge in [-0.2, -0.15) is 4.98 Å². The van der Waals surface area contributed by atoms with Crippen molar-refractivity contribution in [2.75, 3.05) is 19.7 Å². The van der Waals surface area contributed by atoms with Crippen LogP contribution in [0.4, 0.5) is 0 Å². The second-order valence-electron chi connectivity index (χ2n) is 6.95. The maximum absolute atomic E-state index is 6.15. The second kappa shape index (κ2) is 5.09.